The van der Waals surface area contributed by atoms with Gasteiger partial charge in [-0.2, -0.15) is 0 Å². The molecule has 0 aliphatic carbocycles. The average Bonchev–Trinajstić information content (AvgIpc) is 2.73. The van der Waals surface area contributed by atoms with E-state index in [0.29, 0.717) is 0 Å². The summed E-state index contributed by atoms with van der Waals surface area (Å²) in [5, 5.41) is 0.964. The van der Waals surface area contributed by atoms with E-state index in [-0.39, 0.29) is 0 Å². The highest BCUT2D eigenvalue weighted by Gasteiger charge is 2.20. The second-order valence-electron chi connectivity index (χ2n) is 6.88. The van der Waals surface area contributed by atoms with E-state index in [1.165, 1.54) is 5.56 Å². The summed E-state index contributed by atoms with van der Waals surface area (Å²) < 4.78 is 0. The first kappa shape index (κ1) is 18.7. The molecule has 3 aromatic rings. The van der Waals surface area contributed by atoms with Gasteiger partial charge in [0.05, 0.1) is 12.4 Å². The first-order valence-corrected chi connectivity index (χ1v) is 10.5. The minimum absolute atomic E-state index is 0.825. The van der Waals surface area contributed by atoms with Crippen LogP contribution in [0.3, 0.4) is 0 Å². The second kappa shape index (κ2) is 8.56. The van der Waals surface area contributed by atoms with Crippen LogP contribution in [0.15, 0.2) is 53.8 Å². The van der Waals surface area contributed by atoms with Crippen LogP contribution >= 0.6 is 11.8 Å². The number of hydrogen-bond donors (Lipinski definition) is 0. The number of aryl methyl sites for hydroxylation is 2. The number of rotatable bonds is 5. The van der Waals surface area contributed by atoms with Gasteiger partial charge in [-0.25, -0.2) is 15.0 Å². The molecule has 4 rings (SSSR count). The third-order valence-corrected chi connectivity index (χ3v) is 5.68. The molecule has 0 bridgehead atoms. The molecule has 0 atom stereocenters. The van der Waals surface area contributed by atoms with Crippen LogP contribution in [0, 0.1) is 13.8 Å². The summed E-state index contributed by atoms with van der Waals surface area (Å²) >= 11 is 1.72. The van der Waals surface area contributed by atoms with E-state index in [1.54, 1.807) is 11.8 Å². The molecule has 7 heteroatoms. The standard InChI is InChI=1S/C21H24N6S/c1-16-12-19(24-17(2)23-16)26-8-10-27(11-9-26)20-13-22-14-21(25-20)28-15-18-6-4-3-5-7-18/h3-7,12-14H,8-11,15H2,1-2H3. The molecule has 0 amide bonds. The Labute approximate surface area is 170 Å². The Hall–Kier alpha value is -2.67. The lowest BCUT2D eigenvalue weighted by Gasteiger charge is -2.36. The van der Waals surface area contributed by atoms with E-state index >= 15 is 0 Å². The number of piperazine rings is 1. The molecule has 0 saturated carbocycles. The van der Waals surface area contributed by atoms with Gasteiger partial charge < -0.3 is 9.80 Å². The van der Waals surface area contributed by atoms with Crippen molar-refractivity contribution in [2.24, 2.45) is 0 Å². The second-order valence-corrected chi connectivity index (χ2v) is 7.87. The Kier molecular flexibility index (Phi) is 5.71. The van der Waals surface area contributed by atoms with E-state index in [0.717, 1.165) is 60.1 Å². The maximum absolute atomic E-state index is 4.82. The molecule has 2 aromatic heterocycles. The Morgan fingerprint density at radius 2 is 1.57 bits per heavy atom. The summed E-state index contributed by atoms with van der Waals surface area (Å²) in [4.78, 5) is 22.8. The van der Waals surface area contributed by atoms with E-state index in [2.05, 4.69) is 55.1 Å². The lowest BCUT2D eigenvalue weighted by Crippen LogP contribution is -2.47. The minimum atomic E-state index is 0.825. The van der Waals surface area contributed by atoms with Crippen molar-refractivity contribution in [1.82, 2.24) is 19.9 Å². The van der Waals surface area contributed by atoms with Gasteiger partial charge in [-0.3, -0.25) is 4.98 Å². The zero-order valence-corrected chi connectivity index (χ0v) is 17.1. The van der Waals surface area contributed by atoms with Crippen molar-refractivity contribution in [2.45, 2.75) is 24.6 Å². The summed E-state index contributed by atoms with van der Waals surface area (Å²) in [6.07, 6.45) is 3.71. The zero-order chi connectivity index (χ0) is 19.3. The summed E-state index contributed by atoms with van der Waals surface area (Å²) in [6.45, 7) is 7.61. The number of aromatic nitrogens is 4. The normalized spacial score (nSPS) is 14.4. The first-order valence-electron chi connectivity index (χ1n) is 9.48. The lowest BCUT2D eigenvalue weighted by atomic mass is 10.2. The molecule has 0 spiro atoms. The number of hydrogen-bond acceptors (Lipinski definition) is 7. The van der Waals surface area contributed by atoms with Crippen molar-refractivity contribution in [1.29, 1.82) is 0 Å². The van der Waals surface area contributed by atoms with E-state index < -0.39 is 0 Å². The van der Waals surface area contributed by atoms with Gasteiger partial charge in [-0.15, -0.1) is 11.8 Å². The molecule has 1 aliphatic rings. The predicted octanol–water partition coefficient (Wildman–Crippen LogP) is 3.50. The highest BCUT2D eigenvalue weighted by molar-refractivity contribution is 7.98. The third kappa shape index (κ3) is 4.59. The fourth-order valence-corrected chi connectivity index (χ4v) is 4.12. The molecule has 1 saturated heterocycles. The summed E-state index contributed by atoms with van der Waals surface area (Å²) in [5.41, 5.74) is 2.31. The van der Waals surface area contributed by atoms with E-state index in [4.69, 9.17) is 4.98 Å². The molecule has 1 aromatic carbocycles. The van der Waals surface area contributed by atoms with Crippen molar-refractivity contribution < 1.29 is 0 Å². The van der Waals surface area contributed by atoms with Gasteiger partial charge in [-0.05, 0) is 19.4 Å². The maximum atomic E-state index is 4.82. The van der Waals surface area contributed by atoms with Gasteiger partial charge >= 0.3 is 0 Å². The number of anilines is 2. The summed E-state index contributed by atoms with van der Waals surface area (Å²) in [7, 11) is 0. The highest BCUT2D eigenvalue weighted by atomic mass is 32.2. The average molecular weight is 393 g/mol. The number of nitrogens with zero attached hydrogens (tertiary/aromatic N) is 6. The fraction of sp³-hybridized carbons (Fsp3) is 0.333. The Bertz CT molecular complexity index is 905. The minimum Gasteiger partial charge on any atom is -0.353 e. The fourth-order valence-electron chi connectivity index (χ4n) is 3.32. The molecule has 144 valence electrons. The lowest BCUT2D eigenvalue weighted by molar-refractivity contribution is 0.636. The molecular formula is C21H24N6S. The van der Waals surface area contributed by atoms with Crippen molar-refractivity contribution in [3.05, 3.63) is 65.9 Å². The largest absolute Gasteiger partial charge is 0.353 e. The van der Waals surface area contributed by atoms with Crippen LogP contribution in [-0.2, 0) is 5.75 Å². The summed E-state index contributed by atoms with van der Waals surface area (Å²) in [6, 6.07) is 12.5. The summed E-state index contributed by atoms with van der Waals surface area (Å²) in [5.74, 6) is 3.70. The first-order chi connectivity index (χ1) is 13.7. The van der Waals surface area contributed by atoms with Gasteiger partial charge in [0.2, 0.25) is 0 Å². The number of benzene rings is 1. The SMILES string of the molecule is Cc1cc(N2CCN(c3cncc(SCc4ccccc4)n3)CC2)nc(C)n1. The molecule has 0 N–H and O–H groups in total. The Morgan fingerprint density at radius 1 is 0.857 bits per heavy atom. The van der Waals surface area contributed by atoms with Gasteiger partial charge in [0.25, 0.3) is 0 Å². The van der Waals surface area contributed by atoms with Gasteiger partial charge in [0, 0.05) is 43.7 Å². The topological polar surface area (TPSA) is 58.0 Å². The van der Waals surface area contributed by atoms with Gasteiger partial charge in [-0.1, -0.05) is 30.3 Å². The van der Waals surface area contributed by atoms with E-state index in [9.17, 15) is 0 Å². The van der Waals surface area contributed by atoms with Gasteiger partial charge in [0.1, 0.15) is 22.5 Å². The van der Waals surface area contributed by atoms with Crippen molar-refractivity contribution >= 4 is 23.4 Å². The molecule has 1 fully saturated rings. The number of thioether (sulfide) groups is 1. The molecule has 0 radical (unpaired) electrons. The highest BCUT2D eigenvalue weighted by Crippen LogP contribution is 2.23. The smallest absolute Gasteiger partial charge is 0.148 e. The Balaban J connectivity index is 1.38. The Morgan fingerprint density at radius 3 is 2.29 bits per heavy atom. The van der Waals surface area contributed by atoms with Crippen molar-refractivity contribution in [3.63, 3.8) is 0 Å². The van der Waals surface area contributed by atoms with Crippen molar-refractivity contribution in [3.8, 4) is 0 Å². The van der Waals surface area contributed by atoms with Crippen LogP contribution in [0.25, 0.3) is 0 Å². The van der Waals surface area contributed by atoms with Gasteiger partial charge in [0.15, 0.2) is 0 Å². The molecule has 28 heavy (non-hydrogen) atoms. The third-order valence-electron chi connectivity index (χ3n) is 4.71. The molecule has 3 heterocycles. The van der Waals surface area contributed by atoms with Crippen molar-refractivity contribution in [2.75, 3.05) is 36.0 Å². The quantitative estimate of drug-likeness (QED) is 0.616. The predicted molar refractivity (Wildman–Crippen MR) is 114 cm³/mol. The monoisotopic (exact) mass is 392 g/mol. The van der Waals surface area contributed by atoms with Crippen LogP contribution < -0.4 is 9.80 Å². The van der Waals surface area contributed by atoms with Crippen LogP contribution in [0.5, 0.6) is 0 Å². The van der Waals surface area contributed by atoms with Crippen LogP contribution in [-0.4, -0.2) is 46.1 Å². The maximum Gasteiger partial charge on any atom is 0.148 e. The van der Waals surface area contributed by atoms with Crippen LogP contribution in [0.2, 0.25) is 0 Å². The van der Waals surface area contributed by atoms with E-state index in [1.807, 2.05) is 32.3 Å². The zero-order valence-electron chi connectivity index (χ0n) is 16.2. The molecule has 1 aliphatic heterocycles. The van der Waals surface area contributed by atoms with Crippen LogP contribution in [0.4, 0.5) is 11.6 Å². The van der Waals surface area contributed by atoms with Crippen LogP contribution in [0.1, 0.15) is 17.1 Å². The molecule has 6 nitrogen and oxygen atoms in total. The molecular weight excluding hydrogens is 368 g/mol. The molecule has 0 unspecified atom stereocenters.